The Morgan fingerprint density at radius 2 is 1.86 bits per heavy atom. The molecule has 6 heteroatoms. The summed E-state index contributed by atoms with van der Waals surface area (Å²) in [6.07, 6.45) is 0. The summed E-state index contributed by atoms with van der Waals surface area (Å²) in [4.78, 5) is 11.4. The summed E-state index contributed by atoms with van der Waals surface area (Å²) in [5.41, 5.74) is 1.74. The van der Waals surface area contributed by atoms with Crippen molar-refractivity contribution in [1.29, 1.82) is 0 Å². The highest BCUT2D eigenvalue weighted by Crippen LogP contribution is 2.22. The summed E-state index contributed by atoms with van der Waals surface area (Å²) in [6.45, 7) is 3.24. The van der Waals surface area contributed by atoms with Crippen molar-refractivity contribution in [3.05, 3.63) is 57.2 Å². The molecule has 0 amide bonds. The van der Waals surface area contributed by atoms with E-state index in [1.165, 1.54) is 19.1 Å². The molecule has 0 spiro atoms. The lowest BCUT2D eigenvalue weighted by molar-refractivity contribution is 0.101. The molecule has 0 saturated carbocycles. The molecule has 0 bridgehead atoms. The summed E-state index contributed by atoms with van der Waals surface area (Å²) in [5, 5.41) is 0. The third kappa shape index (κ3) is 3.82. The van der Waals surface area contributed by atoms with Gasteiger partial charge in [-0.2, -0.15) is 0 Å². The van der Waals surface area contributed by atoms with Gasteiger partial charge in [-0.05, 0) is 72.3 Å². The fourth-order valence-electron chi connectivity index (χ4n) is 1.83. The van der Waals surface area contributed by atoms with Crippen molar-refractivity contribution in [2.24, 2.45) is 0 Å². The van der Waals surface area contributed by atoms with Gasteiger partial charge in [0.15, 0.2) is 5.78 Å². The number of carbonyl (C=O) groups is 1. The maximum atomic E-state index is 12.4. The van der Waals surface area contributed by atoms with E-state index in [2.05, 4.69) is 27.3 Å². The fourth-order valence-corrected chi connectivity index (χ4v) is 3.65. The number of rotatable bonds is 4. The van der Waals surface area contributed by atoms with Crippen molar-refractivity contribution >= 4 is 44.1 Å². The largest absolute Gasteiger partial charge is 0.295 e. The van der Waals surface area contributed by atoms with Crippen molar-refractivity contribution in [2.75, 3.05) is 4.72 Å². The van der Waals surface area contributed by atoms with Gasteiger partial charge in [-0.3, -0.25) is 9.52 Å². The number of anilines is 1. The van der Waals surface area contributed by atoms with Crippen LogP contribution in [-0.2, 0) is 10.0 Å². The van der Waals surface area contributed by atoms with Gasteiger partial charge in [0, 0.05) is 9.13 Å². The first-order chi connectivity index (χ1) is 9.79. The Labute approximate surface area is 137 Å². The number of hydrogen-bond donors (Lipinski definition) is 1. The van der Waals surface area contributed by atoms with E-state index >= 15 is 0 Å². The van der Waals surface area contributed by atoms with Gasteiger partial charge in [-0.15, -0.1) is 0 Å². The zero-order valence-corrected chi connectivity index (χ0v) is 14.5. The van der Waals surface area contributed by atoms with E-state index in [-0.39, 0.29) is 10.7 Å². The van der Waals surface area contributed by atoms with E-state index in [0.29, 0.717) is 11.3 Å². The normalized spacial score (nSPS) is 11.2. The minimum absolute atomic E-state index is 0.0770. The molecule has 2 rings (SSSR count). The lowest BCUT2D eigenvalue weighted by Crippen LogP contribution is -2.14. The van der Waals surface area contributed by atoms with Crippen molar-refractivity contribution < 1.29 is 13.2 Å². The van der Waals surface area contributed by atoms with Crippen LogP contribution in [0.1, 0.15) is 22.8 Å². The molecular formula is C15H14INO3S. The topological polar surface area (TPSA) is 63.2 Å². The van der Waals surface area contributed by atoms with Gasteiger partial charge in [0.05, 0.1) is 10.6 Å². The summed E-state index contributed by atoms with van der Waals surface area (Å²) >= 11 is 2.17. The molecule has 2 aromatic carbocycles. The van der Waals surface area contributed by atoms with E-state index in [1.54, 1.807) is 18.2 Å². The van der Waals surface area contributed by atoms with Gasteiger partial charge in [-0.1, -0.05) is 12.1 Å². The quantitative estimate of drug-likeness (QED) is 0.613. The van der Waals surface area contributed by atoms with E-state index < -0.39 is 10.0 Å². The molecule has 0 aliphatic carbocycles. The predicted octanol–water partition coefficient (Wildman–Crippen LogP) is 3.60. The Kier molecular flexibility index (Phi) is 4.67. The molecule has 0 atom stereocenters. The first-order valence-corrected chi connectivity index (χ1v) is 8.76. The van der Waals surface area contributed by atoms with E-state index in [0.717, 1.165) is 9.13 Å². The van der Waals surface area contributed by atoms with Gasteiger partial charge in [0.1, 0.15) is 0 Å². The van der Waals surface area contributed by atoms with E-state index in [1.807, 2.05) is 19.1 Å². The number of halogens is 1. The monoisotopic (exact) mass is 415 g/mol. The predicted molar refractivity (Wildman–Crippen MR) is 91.2 cm³/mol. The molecular weight excluding hydrogens is 401 g/mol. The number of sulfonamides is 1. The molecule has 1 N–H and O–H groups in total. The van der Waals surface area contributed by atoms with Gasteiger partial charge < -0.3 is 0 Å². The highest BCUT2D eigenvalue weighted by atomic mass is 127. The molecule has 110 valence electrons. The summed E-state index contributed by atoms with van der Waals surface area (Å²) in [6, 6.07) is 11.5. The molecule has 21 heavy (non-hydrogen) atoms. The molecule has 0 radical (unpaired) electrons. The summed E-state index contributed by atoms with van der Waals surface area (Å²) in [5.74, 6) is -0.169. The van der Waals surface area contributed by atoms with Gasteiger partial charge in [0.2, 0.25) is 0 Å². The van der Waals surface area contributed by atoms with Crippen molar-refractivity contribution in [3.8, 4) is 0 Å². The van der Waals surface area contributed by atoms with E-state index in [4.69, 9.17) is 0 Å². The Morgan fingerprint density at radius 3 is 2.48 bits per heavy atom. The van der Waals surface area contributed by atoms with Crippen LogP contribution in [0.3, 0.4) is 0 Å². The molecule has 4 nitrogen and oxygen atoms in total. The molecule has 2 aromatic rings. The Morgan fingerprint density at radius 1 is 1.14 bits per heavy atom. The van der Waals surface area contributed by atoms with Crippen LogP contribution in [0.5, 0.6) is 0 Å². The molecule has 0 fully saturated rings. The zero-order valence-electron chi connectivity index (χ0n) is 11.6. The highest BCUT2D eigenvalue weighted by Gasteiger charge is 2.16. The van der Waals surface area contributed by atoms with Crippen molar-refractivity contribution in [1.82, 2.24) is 0 Å². The Hall–Kier alpha value is -1.41. The summed E-state index contributed by atoms with van der Waals surface area (Å²) in [7, 11) is -3.71. The minimum atomic E-state index is -3.71. The van der Waals surface area contributed by atoms with Crippen LogP contribution in [0.4, 0.5) is 5.69 Å². The van der Waals surface area contributed by atoms with Crippen LogP contribution >= 0.6 is 22.6 Å². The molecule has 0 aliphatic heterocycles. The van der Waals surface area contributed by atoms with Crippen LogP contribution in [0.25, 0.3) is 0 Å². The second-order valence-electron chi connectivity index (χ2n) is 4.65. The van der Waals surface area contributed by atoms with Crippen LogP contribution in [0.2, 0.25) is 0 Å². The second-order valence-corrected chi connectivity index (χ2v) is 7.58. The SMILES string of the molecule is CC(=O)c1cccc(S(=O)(=O)Nc2ccc(I)cc2C)c1. The van der Waals surface area contributed by atoms with Crippen LogP contribution in [0, 0.1) is 10.5 Å². The minimum Gasteiger partial charge on any atom is -0.295 e. The third-order valence-electron chi connectivity index (χ3n) is 2.98. The third-order valence-corrected chi connectivity index (χ3v) is 5.02. The highest BCUT2D eigenvalue weighted by molar-refractivity contribution is 14.1. The fraction of sp³-hybridized carbons (Fsp3) is 0.133. The maximum Gasteiger partial charge on any atom is 0.261 e. The second kappa shape index (κ2) is 6.15. The average molecular weight is 415 g/mol. The zero-order chi connectivity index (χ0) is 15.6. The number of carbonyl (C=O) groups excluding carboxylic acids is 1. The maximum absolute atomic E-state index is 12.4. The smallest absolute Gasteiger partial charge is 0.261 e. The van der Waals surface area contributed by atoms with Gasteiger partial charge in [0.25, 0.3) is 10.0 Å². The van der Waals surface area contributed by atoms with Gasteiger partial charge in [-0.25, -0.2) is 8.42 Å². The number of nitrogens with one attached hydrogen (secondary N) is 1. The van der Waals surface area contributed by atoms with Crippen molar-refractivity contribution in [2.45, 2.75) is 18.7 Å². The van der Waals surface area contributed by atoms with Crippen LogP contribution < -0.4 is 4.72 Å². The number of ketones is 1. The van der Waals surface area contributed by atoms with E-state index in [9.17, 15) is 13.2 Å². The Bertz CT molecular complexity index is 800. The molecule has 0 heterocycles. The summed E-state index contributed by atoms with van der Waals surface area (Å²) < 4.78 is 28.4. The lowest BCUT2D eigenvalue weighted by Gasteiger charge is -2.11. The molecule has 0 unspecified atom stereocenters. The van der Waals surface area contributed by atoms with Crippen LogP contribution in [0.15, 0.2) is 47.4 Å². The lowest BCUT2D eigenvalue weighted by atomic mass is 10.2. The van der Waals surface area contributed by atoms with Gasteiger partial charge >= 0.3 is 0 Å². The number of aryl methyl sites for hydroxylation is 1. The average Bonchev–Trinajstić information content (AvgIpc) is 2.42. The molecule has 0 saturated heterocycles. The van der Waals surface area contributed by atoms with Crippen LogP contribution in [-0.4, -0.2) is 14.2 Å². The standard InChI is InChI=1S/C15H14INO3S/c1-10-8-13(16)6-7-15(10)17-21(19,20)14-5-3-4-12(9-14)11(2)18/h3-9,17H,1-2H3. The van der Waals surface area contributed by atoms with Crippen molar-refractivity contribution in [3.63, 3.8) is 0 Å². The number of Topliss-reactive ketones (excluding diaryl/α,β-unsaturated/α-hetero) is 1. The Balaban J connectivity index is 2.38. The first kappa shape index (κ1) is 16.0. The molecule has 0 aliphatic rings. The molecule has 0 aromatic heterocycles. The number of benzene rings is 2. The first-order valence-electron chi connectivity index (χ1n) is 6.19. The number of hydrogen-bond acceptors (Lipinski definition) is 3.